The molecule has 286 valence electrons. The van der Waals surface area contributed by atoms with Crippen LogP contribution in [0.1, 0.15) is 64.7 Å². The summed E-state index contributed by atoms with van der Waals surface area (Å²) in [5, 5.41) is 6.46. The Hall–Kier alpha value is -1.66. The minimum atomic E-state index is -1.85. The molecule has 6 heteroatoms. The van der Waals surface area contributed by atoms with Gasteiger partial charge in [-0.25, -0.2) is 0 Å². The molecule has 54 heavy (non-hydrogen) atoms. The molecular weight excluding hydrogens is 823 g/mol. The number of fused-ring (bicyclic) bond motifs is 2. The Bertz CT molecular complexity index is 2060. The summed E-state index contributed by atoms with van der Waals surface area (Å²) in [4.78, 5) is 0. The molecule has 0 bridgehead atoms. The quantitative estimate of drug-likeness (QED) is 0.211. The normalized spacial score (nSPS) is 18.5. The van der Waals surface area contributed by atoms with Crippen molar-refractivity contribution >= 4 is 39.1 Å². The van der Waals surface area contributed by atoms with E-state index in [0.717, 1.165) is 6.42 Å². The van der Waals surface area contributed by atoms with Crippen LogP contribution in [0.15, 0.2) is 124 Å². The van der Waals surface area contributed by atoms with Gasteiger partial charge in [0, 0.05) is 0 Å². The fraction of sp³-hybridized carbons (Fsp3) is 0.396. The van der Waals surface area contributed by atoms with Crippen molar-refractivity contribution in [1.82, 2.24) is 0 Å². The van der Waals surface area contributed by atoms with Crippen molar-refractivity contribution < 1.29 is 49.0 Å². The Morgan fingerprint density at radius 3 is 1.61 bits per heavy atom. The van der Waals surface area contributed by atoms with Crippen LogP contribution in [-0.4, -0.2) is 27.4 Å². The monoisotopic (exact) mass is 883 g/mol. The van der Waals surface area contributed by atoms with Gasteiger partial charge in [-0.1, -0.05) is 158 Å². The van der Waals surface area contributed by atoms with Crippen LogP contribution in [0.2, 0.25) is 64.0 Å². The first-order valence-electron chi connectivity index (χ1n) is 19.3. The number of halogens is 2. The van der Waals surface area contributed by atoms with Crippen LogP contribution in [0, 0.1) is 5.41 Å². The number of benzene rings is 3. The van der Waals surface area contributed by atoms with E-state index in [1.165, 1.54) is 65.7 Å². The minimum absolute atomic E-state index is 0. The first-order chi connectivity index (χ1) is 23.9. The molecule has 0 N–H and O–H groups in total. The summed E-state index contributed by atoms with van der Waals surface area (Å²) in [6.07, 6.45) is 12.3. The summed E-state index contributed by atoms with van der Waals surface area (Å²) < 4.78 is 1.42. The van der Waals surface area contributed by atoms with E-state index in [0.29, 0.717) is 0 Å². The van der Waals surface area contributed by atoms with Gasteiger partial charge in [-0.3, -0.25) is 0 Å². The van der Waals surface area contributed by atoms with Crippen LogP contribution in [0.5, 0.6) is 0 Å². The average molecular weight is 886 g/mol. The molecule has 3 aromatic carbocycles. The van der Waals surface area contributed by atoms with Crippen molar-refractivity contribution in [3.05, 3.63) is 151 Å². The van der Waals surface area contributed by atoms with E-state index in [-0.39, 0.29) is 40.7 Å². The van der Waals surface area contributed by atoms with Gasteiger partial charge in [0.25, 0.3) is 0 Å². The van der Waals surface area contributed by atoms with Crippen molar-refractivity contribution in [2.24, 2.45) is 5.41 Å². The maximum absolute atomic E-state index is 4.15. The van der Waals surface area contributed by atoms with Gasteiger partial charge >= 0.3 is 99.2 Å². The van der Waals surface area contributed by atoms with Crippen molar-refractivity contribution in [2.45, 2.75) is 117 Å². The third kappa shape index (κ3) is 8.75. The standard InChI is InChI=1S/C35H53Si3.C13H10.2ClH.Zr/c1-33(2,3)26-20-21-27-25(22-26)23-28-29(27)31(36(7,8)9)32(37(10,11)12)35(34(4,5)6,38(13,14)15)30(28)24-18-16-17-19-24;1-3-7-12(8-4-1)11-13-9-5-2-6-10-13;;;/h16-18,20-22H,19H2,1-15H3;1-10H;2*1H;/q-1;;;;+2/p-2. The molecule has 1 atom stereocenters. The van der Waals surface area contributed by atoms with E-state index in [1.807, 2.05) is 5.20 Å². The van der Waals surface area contributed by atoms with Crippen molar-refractivity contribution in [3.8, 4) is 0 Å². The first kappa shape index (κ1) is 46.7. The molecule has 0 aliphatic heterocycles. The van der Waals surface area contributed by atoms with Crippen molar-refractivity contribution in [3.63, 3.8) is 0 Å². The molecule has 0 saturated carbocycles. The summed E-state index contributed by atoms with van der Waals surface area (Å²) in [7, 11) is -5.39. The second kappa shape index (κ2) is 16.7. The Balaban J connectivity index is 0.000000411. The molecule has 0 amide bonds. The van der Waals surface area contributed by atoms with E-state index >= 15 is 0 Å². The zero-order valence-electron chi connectivity index (χ0n) is 35.7. The summed E-state index contributed by atoms with van der Waals surface area (Å²) in [5.74, 6) is 0. The molecule has 0 saturated heterocycles. The van der Waals surface area contributed by atoms with E-state index < -0.39 is 24.2 Å². The fourth-order valence-electron chi connectivity index (χ4n) is 9.46. The topological polar surface area (TPSA) is 0 Å². The van der Waals surface area contributed by atoms with Crippen molar-refractivity contribution in [1.29, 1.82) is 0 Å². The van der Waals surface area contributed by atoms with E-state index in [1.54, 1.807) is 16.3 Å². The summed E-state index contributed by atoms with van der Waals surface area (Å²) in [5.41, 5.74) is 10.5. The fourth-order valence-corrected chi connectivity index (χ4v) is 23.5. The molecule has 0 radical (unpaired) electrons. The van der Waals surface area contributed by atoms with Gasteiger partial charge in [-0.2, -0.15) is 0 Å². The van der Waals surface area contributed by atoms with Crippen LogP contribution in [-0.2, 0) is 29.7 Å². The third-order valence-corrected chi connectivity index (χ3v) is 20.7. The van der Waals surface area contributed by atoms with Crippen LogP contribution in [0.3, 0.4) is 0 Å². The molecule has 1 unspecified atom stereocenters. The van der Waals surface area contributed by atoms with Crippen LogP contribution >= 0.6 is 0 Å². The number of allylic oxidation sites excluding steroid dienone is 8. The molecule has 0 fully saturated rings. The SMILES string of the molecule is CC(C)(C)c1ccc2c(c1)=[C-]C1=C(C3=CC=CC3)C(C(C)(C)C)([Si](C)(C)C)C([Si](C)(C)C)=C([Si](C)(C)C)C=21.[Cl-].[Cl-].[Zr+2]=[C](c1ccccc1)c1ccccc1. The summed E-state index contributed by atoms with van der Waals surface area (Å²) >= 11 is 1.46. The molecule has 6 rings (SSSR count). The second-order valence-corrected chi connectivity index (χ2v) is 36.7. The molecule has 0 aromatic heterocycles. The van der Waals surface area contributed by atoms with Crippen molar-refractivity contribution in [2.75, 3.05) is 0 Å². The maximum atomic E-state index is 4.15. The number of rotatable bonds is 6. The third-order valence-electron chi connectivity index (χ3n) is 11.1. The van der Waals surface area contributed by atoms with Gasteiger partial charge in [-0.05, 0) is 22.3 Å². The van der Waals surface area contributed by atoms with E-state index in [4.69, 9.17) is 0 Å². The van der Waals surface area contributed by atoms with Gasteiger partial charge in [0.05, 0.1) is 24.2 Å². The second-order valence-electron chi connectivity index (χ2n) is 20.2. The predicted octanol–water partition coefficient (Wildman–Crippen LogP) is 5.99. The molecule has 3 aliphatic rings. The van der Waals surface area contributed by atoms with Gasteiger partial charge in [0.2, 0.25) is 0 Å². The van der Waals surface area contributed by atoms with Crippen LogP contribution < -0.4 is 35.3 Å². The molecule has 0 spiro atoms. The zero-order chi connectivity index (χ0) is 38.7. The number of hydrogen-bond acceptors (Lipinski definition) is 0. The average Bonchev–Trinajstić information content (AvgIpc) is 3.70. The van der Waals surface area contributed by atoms with Gasteiger partial charge in [0.1, 0.15) is 0 Å². The summed E-state index contributed by atoms with van der Waals surface area (Å²) in [6.45, 7) is 38.4. The van der Waals surface area contributed by atoms with Gasteiger partial charge in [0.15, 0.2) is 0 Å². The Morgan fingerprint density at radius 1 is 0.704 bits per heavy atom. The predicted molar refractivity (Wildman–Crippen MR) is 235 cm³/mol. The molecule has 3 aromatic rings. The molecular formula is C48H63Cl2Si3Zr-. The van der Waals surface area contributed by atoms with E-state index in [9.17, 15) is 0 Å². The summed E-state index contributed by atoms with van der Waals surface area (Å²) in [6, 6.07) is 28.4. The van der Waals surface area contributed by atoms with Gasteiger partial charge in [-0.15, -0.1) is 33.7 Å². The molecule has 0 heterocycles. The zero-order valence-corrected chi connectivity index (χ0v) is 42.7. The van der Waals surface area contributed by atoms with Crippen LogP contribution in [0.4, 0.5) is 0 Å². The Kier molecular flexibility index (Phi) is 14.4. The molecule has 3 aliphatic carbocycles. The Morgan fingerprint density at radius 2 is 1.22 bits per heavy atom. The molecule has 0 nitrogen and oxygen atoms in total. The Labute approximate surface area is 359 Å². The van der Waals surface area contributed by atoms with Crippen LogP contribution in [0.25, 0.3) is 11.6 Å². The van der Waals surface area contributed by atoms with Gasteiger partial charge < -0.3 is 24.8 Å². The first-order valence-corrected chi connectivity index (χ1v) is 31.0. The number of hydrogen-bond donors (Lipinski definition) is 0. The van der Waals surface area contributed by atoms with E-state index in [2.05, 4.69) is 204 Å².